The first kappa shape index (κ1) is 22.5. The predicted molar refractivity (Wildman–Crippen MR) is 130 cm³/mol. The minimum absolute atomic E-state index is 0.259. The molecule has 4 rings (SSSR count). The van der Waals surface area contributed by atoms with Crippen molar-refractivity contribution in [1.82, 2.24) is 9.47 Å². The van der Waals surface area contributed by atoms with Gasteiger partial charge < -0.3 is 9.30 Å². The van der Waals surface area contributed by atoms with Crippen molar-refractivity contribution < 1.29 is 14.3 Å². The topological polar surface area (TPSA) is 51.5 Å². The summed E-state index contributed by atoms with van der Waals surface area (Å²) in [6.45, 7) is 4.33. The number of aromatic nitrogens is 1. The van der Waals surface area contributed by atoms with Crippen molar-refractivity contribution in [2.24, 2.45) is 0 Å². The van der Waals surface area contributed by atoms with Crippen LogP contribution in [0, 0.1) is 13.8 Å². The van der Waals surface area contributed by atoms with Crippen molar-refractivity contribution in [2.75, 3.05) is 7.05 Å². The van der Waals surface area contributed by atoms with Crippen LogP contribution in [0.2, 0.25) is 10.0 Å². The molecular formula is C24H20Cl2N2O3S. The maximum atomic E-state index is 12.2. The Morgan fingerprint density at radius 3 is 2.38 bits per heavy atom. The average Bonchev–Trinajstić information content (AvgIpc) is 3.17. The lowest BCUT2D eigenvalue weighted by Crippen LogP contribution is -2.22. The third kappa shape index (κ3) is 4.44. The summed E-state index contributed by atoms with van der Waals surface area (Å²) >= 11 is 13.1. The Balaban J connectivity index is 1.53. The Hall–Kier alpha value is -2.67. The van der Waals surface area contributed by atoms with Crippen LogP contribution in [-0.2, 0) is 11.4 Å². The van der Waals surface area contributed by atoms with Gasteiger partial charge in [0, 0.05) is 39.7 Å². The summed E-state index contributed by atoms with van der Waals surface area (Å²) in [5.74, 6) is 0.450. The van der Waals surface area contributed by atoms with Gasteiger partial charge in [0.15, 0.2) is 0 Å². The summed E-state index contributed by atoms with van der Waals surface area (Å²) < 4.78 is 7.97. The molecule has 0 atom stereocenters. The van der Waals surface area contributed by atoms with Gasteiger partial charge in [-0.05, 0) is 79.7 Å². The normalized spacial score (nSPS) is 15.2. The lowest BCUT2D eigenvalue weighted by Gasteiger charge is -2.12. The van der Waals surface area contributed by atoms with E-state index in [-0.39, 0.29) is 11.1 Å². The molecule has 0 unspecified atom stereocenters. The second-order valence-corrected chi connectivity index (χ2v) is 9.26. The minimum atomic E-state index is -0.271. The number of amides is 2. The number of hydrogen-bond acceptors (Lipinski definition) is 4. The molecule has 2 aromatic carbocycles. The molecule has 1 aliphatic heterocycles. The minimum Gasteiger partial charge on any atom is -0.489 e. The molecule has 3 aromatic rings. The van der Waals surface area contributed by atoms with Crippen LogP contribution in [0.3, 0.4) is 0 Å². The van der Waals surface area contributed by atoms with Crippen LogP contribution < -0.4 is 4.74 Å². The van der Waals surface area contributed by atoms with Crippen LogP contribution in [0.4, 0.5) is 4.79 Å². The second kappa shape index (κ2) is 9.06. The summed E-state index contributed by atoms with van der Waals surface area (Å²) in [6.07, 6.45) is 1.78. The van der Waals surface area contributed by atoms with Gasteiger partial charge in [0.05, 0.1) is 4.91 Å². The molecular weight excluding hydrogens is 467 g/mol. The first-order chi connectivity index (χ1) is 15.2. The molecule has 1 aromatic heterocycles. The number of hydrogen-bond donors (Lipinski definition) is 0. The highest BCUT2D eigenvalue weighted by atomic mass is 35.5. The Morgan fingerprint density at radius 1 is 1.03 bits per heavy atom. The number of carbonyl (C=O) groups is 2. The van der Waals surface area contributed by atoms with Gasteiger partial charge in [0.2, 0.25) is 0 Å². The highest BCUT2D eigenvalue weighted by Gasteiger charge is 2.32. The lowest BCUT2D eigenvalue weighted by atomic mass is 10.2. The number of aryl methyl sites for hydroxylation is 1. The Bertz CT molecular complexity index is 1250. The van der Waals surface area contributed by atoms with E-state index in [9.17, 15) is 9.59 Å². The fourth-order valence-electron chi connectivity index (χ4n) is 3.51. The fourth-order valence-corrected chi connectivity index (χ4v) is 4.79. The van der Waals surface area contributed by atoms with Gasteiger partial charge in [-0.25, -0.2) is 0 Å². The highest BCUT2D eigenvalue weighted by molar-refractivity contribution is 8.18. The van der Waals surface area contributed by atoms with E-state index in [2.05, 4.69) is 4.57 Å². The van der Waals surface area contributed by atoms with Crippen molar-refractivity contribution >= 4 is 52.2 Å². The molecule has 8 heteroatoms. The Morgan fingerprint density at radius 2 is 1.75 bits per heavy atom. The lowest BCUT2D eigenvalue weighted by molar-refractivity contribution is -0.121. The largest absolute Gasteiger partial charge is 0.489 e. The van der Waals surface area contributed by atoms with Gasteiger partial charge in [-0.15, -0.1) is 0 Å². The van der Waals surface area contributed by atoms with E-state index in [1.165, 1.54) is 7.05 Å². The molecule has 0 radical (unpaired) electrons. The van der Waals surface area contributed by atoms with Crippen LogP contribution >= 0.6 is 35.0 Å². The molecule has 32 heavy (non-hydrogen) atoms. The van der Waals surface area contributed by atoms with Crippen LogP contribution in [0.1, 0.15) is 22.5 Å². The van der Waals surface area contributed by atoms with Gasteiger partial charge in [-0.2, -0.15) is 0 Å². The van der Waals surface area contributed by atoms with E-state index in [1.54, 1.807) is 18.2 Å². The number of imide groups is 1. The Labute approximate surface area is 200 Å². The van der Waals surface area contributed by atoms with E-state index in [4.69, 9.17) is 27.9 Å². The molecule has 0 spiro atoms. The maximum Gasteiger partial charge on any atom is 0.293 e. The Kier molecular flexibility index (Phi) is 6.38. The zero-order valence-corrected chi connectivity index (χ0v) is 20.0. The van der Waals surface area contributed by atoms with Crippen molar-refractivity contribution in [3.63, 3.8) is 0 Å². The highest BCUT2D eigenvalue weighted by Crippen LogP contribution is 2.33. The zero-order valence-electron chi connectivity index (χ0n) is 17.7. The van der Waals surface area contributed by atoms with Crippen LogP contribution in [-0.4, -0.2) is 27.7 Å². The smallest absolute Gasteiger partial charge is 0.293 e. The van der Waals surface area contributed by atoms with Gasteiger partial charge in [-0.3, -0.25) is 14.5 Å². The van der Waals surface area contributed by atoms with Crippen molar-refractivity contribution in [1.29, 1.82) is 0 Å². The first-order valence-corrected chi connectivity index (χ1v) is 11.4. The summed E-state index contributed by atoms with van der Waals surface area (Å²) in [4.78, 5) is 25.5. The summed E-state index contributed by atoms with van der Waals surface area (Å²) in [5.41, 5.74) is 4.73. The molecule has 1 aliphatic rings. The first-order valence-electron chi connectivity index (χ1n) is 9.82. The van der Waals surface area contributed by atoms with E-state index >= 15 is 0 Å². The SMILES string of the molecule is Cc1cc(/C=C2\SC(=O)N(C)C2=O)c(C)n1-c1ccc(OCc2ccc(Cl)cc2Cl)cc1. The fraction of sp³-hybridized carbons (Fsp3) is 0.167. The van der Waals surface area contributed by atoms with Gasteiger partial charge in [-0.1, -0.05) is 29.3 Å². The number of carbonyl (C=O) groups excluding carboxylic acids is 2. The van der Waals surface area contributed by atoms with Crippen LogP contribution in [0.5, 0.6) is 5.75 Å². The maximum absolute atomic E-state index is 12.2. The third-order valence-electron chi connectivity index (χ3n) is 5.25. The van der Waals surface area contributed by atoms with Crippen LogP contribution in [0.15, 0.2) is 53.4 Å². The molecule has 2 heterocycles. The van der Waals surface area contributed by atoms with Crippen LogP contribution in [0.25, 0.3) is 11.8 Å². The molecule has 0 N–H and O–H groups in total. The van der Waals surface area contributed by atoms with Crippen molar-refractivity contribution in [3.05, 3.63) is 86.0 Å². The third-order valence-corrected chi connectivity index (χ3v) is 6.80. The van der Waals surface area contributed by atoms with E-state index < -0.39 is 0 Å². The van der Waals surface area contributed by atoms with Crippen molar-refractivity contribution in [2.45, 2.75) is 20.5 Å². The standard InChI is InChI=1S/C24H20Cl2N2O3S/c1-14-10-17(11-22-23(29)27(3)24(30)32-22)15(2)28(14)19-6-8-20(9-7-19)31-13-16-4-5-18(25)12-21(16)26/h4-12H,13H2,1-3H3/b22-11-. The van der Waals surface area contributed by atoms with Gasteiger partial charge >= 0.3 is 0 Å². The van der Waals surface area contributed by atoms with E-state index in [0.29, 0.717) is 21.6 Å². The number of ether oxygens (including phenoxy) is 1. The zero-order chi connectivity index (χ0) is 23.0. The quantitative estimate of drug-likeness (QED) is 0.379. The number of rotatable bonds is 5. The van der Waals surface area contributed by atoms with Gasteiger partial charge in [0.25, 0.3) is 11.1 Å². The molecule has 0 saturated carbocycles. The number of likely N-dealkylation sites (N-methyl/N-ethyl adjacent to an activating group) is 1. The molecule has 164 valence electrons. The van der Waals surface area contributed by atoms with E-state index in [1.807, 2.05) is 50.2 Å². The molecule has 5 nitrogen and oxygen atoms in total. The van der Waals surface area contributed by atoms with Gasteiger partial charge in [0.1, 0.15) is 12.4 Å². The summed E-state index contributed by atoms with van der Waals surface area (Å²) in [7, 11) is 1.49. The number of nitrogens with zero attached hydrogens (tertiary/aromatic N) is 2. The molecule has 0 aliphatic carbocycles. The molecule has 1 saturated heterocycles. The van der Waals surface area contributed by atoms with Crippen molar-refractivity contribution in [3.8, 4) is 11.4 Å². The summed E-state index contributed by atoms with van der Waals surface area (Å²) in [6, 6.07) is 15.1. The molecule has 0 bridgehead atoms. The number of benzene rings is 2. The second-order valence-electron chi connectivity index (χ2n) is 7.42. The molecule has 1 fully saturated rings. The molecule has 2 amide bonds. The number of thioether (sulfide) groups is 1. The summed E-state index contributed by atoms with van der Waals surface area (Å²) in [5, 5.41) is 0.900. The number of halogens is 2. The predicted octanol–water partition coefficient (Wildman–Crippen LogP) is 6.65. The monoisotopic (exact) mass is 486 g/mol. The van der Waals surface area contributed by atoms with E-state index in [0.717, 1.165) is 50.6 Å². The average molecular weight is 487 g/mol.